The largest absolute Gasteiger partial charge is 0.493 e. The van der Waals surface area contributed by atoms with Gasteiger partial charge in [0.25, 0.3) is 0 Å². The number of hydrogen-bond donors (Lipinski definition) is 1. The number of rotatable bonds is 8. The molecule has 0 saturated carbocycles. The predicted octanol–water partition coefficient (Wildman–Crippen LogP) is 1.82. The van der Waals surface area contributed by atoms with Crippen LogP contribution in [0.25, 0.3) is 0 Å². The first-order chi connectivity index (χ1) is 12.5. The minimum absolute atomic E-state index is 0.133. The van der Waals surface area contributed by atoms with Crippen molar-refractivity contribution in [3.05, 3.63) is 23.8 Å². The van der Waals surface area contributed by atoms with Gasteiger partial charge < -0.3 is 24.4 Å². The number of carbonyl (C=O) groups is 2. The van der Waals surface area contributed by atoms with Crippen LogP contribution in [0, 0.1) is 0 Å². The molecule has 8 heteroatoms. The van der Waals surface area contributed by atoms with Crippen LogP contribution >= 0.6 is 11.8 Å². The molecule has 1 aromatic rings. The molecule has 1 aliphatic heterocycles. The van der Waals surface area contributed by atoms with E-state index in [1.807, 2.05) is 18.2 Å². The fourth-order valence-electron chi connectivity index (χ4n) is 2.90. The molecular weight excluding hydrogens is 356 g/mol. The maximum atomic E-state index is 12.5. The van der Waals surface area contributed by atoms with Gasteiger partial charge in [-0.15, -0.1) is 11.8 Å². The summed E-state index contributed by atoms with van der Waals surface area (Å²) in [4.78, 5) is 26.4. The molecule has 1 N–H and O–H groups in total. The second-order valence-electron chi connectivity index (χ2n) is 5.88. The average molecular weight is 382 g/mol. The smallest absolute Gasteiger partial charge is 0.243 e. The van der Waals surface area contributed by atoms with Crippen molar-refractivity contribution in [1.29, 1.82) is 0 Å². The lowest BCUT2D eigenvalue weighted by Crippen LogP contribution is -2.47. The van der Waals surface area contributed by atoms with Crippen LogP contribution in [0.1, 0.15) is 24.3 Å². The molecule has 0 aliphatic carbocycles. The van der Waals surface area contributed by atoms with Crippen molar-refractivity contribution in [2.75, 3.05) is 40.2 Å². The lowest BCUT2D eigenvalue weighted by molar-refractivity contribution is -0.138. The van der Waals surface area contributed by atoms with Crippen LogP contribution in [0.5, 0.6) is 11.5 Å². The van der Waals surface area contributed by atoms with Gasteiger partial charge >= 0.3 is 0 Å². The SMILES string of the molecule is COCCCNC(=O)C1CSC(c2ccc(OC)c(OC)c2)N1C(C)=O. The van der Waals surface area contributed by atoms with Crippen molar-refractivity contribution >= 4 is 23.6 Å². The summed E-state index contributed by atoms with van der Waals surface area (Å²) in [6.07, 6.45) is 0.737. The molecule has 0 spiro atoms. The number of nitrogens with zero attached hydrogens (tertiary/aromatic N) is 1. The first-order valence-corrected chi connectivity index (χ1v) is 9.47. The van der Waals surface area contributed by atoms with Gasteiger partial charge in [0.2, 0.25) is 11.8 Å². The number of amides is 2. The number of methoxy groups -OCH3 is 3. The number of ether oxygens (including phenoxy) is 3. The molecule has 26 heavy (non-hydrogen) atoms. The topological polar surface area (TPSA) is 77.1 Å². The van der Waals surface area contributed by atoms with Gasteiger partial charge in [-0.25, -0.2) is 0 Å². The highest BCUT2D eigenvalue weighted by Gasteiger charge is 2.41. The molecular formula is C18H26N2O5S. The lowest BCUT2D eigenvalue weighted by atomic mass is 10.1. The van der Waals surface area contributed by atoms with E-state index in [0.717, 1.165) is 12.0 Å². The quantitative estimate of drug-likeness (QED) is 0.691. The van der Waals surface area contributed by atoms with Gasteiger partial charge in [0.1, 0.15) is 11.4 Å². The highest BCUT2D eigenvalue weighted by Crippen LogP contribution is 2.43. The first-order valence-electron chi connectivity index (χ1n) is 8.42. The Morgan fingerprint density at radius 1 is 1.23 bits per heavy atom. The summed E-state index contributed by atoms with van der Waals surface area (Å²) in [5, 5.41) is 2.65. The Balaban J connectivity index is 2.15. The van der Waals surface area contributed by atoms with Crippen molar-refractivity contribution in [3.63, 3.8) is 0 Å². The van der Waals surface area contributed by atoms with Gasteiger partial charge in [0, 0.05) is 32.9 Å². The molecule has 144 valence electrons. The fraction of sp³-hybridized carbons (Fsp3) is 0.556. The molecule has 0 radical (unpaired) electrons. The number of hydrogen-bond acceptors (Lipinski definition) is 6. The summed E-state index contributed by atoms with van der Waals surface area (Å²) in [5.74, 6) is 1.51. The fourth-order valence-corrected chi connectivity index (χ4v) is 4.37. The second kappa shape index (κ2) is 9.68. The molecule has 0 aromatic heterocycles. The van der Waals surface area contributed by atoms with Crippen LogP contribution in [-0.2, 0) is 14.3 Å². The Kier molecular flexibility index (Phi) is 7.59. The Hall–Kier alpha value is -1.93. The van der Waals surface area contributed by atoms with Crippen LogP contribution in [-0.4, -0.2) is 63.0 Å². The normalized spacial score (nSPS) is 19.3. The first kappa shape index (κ1) is 20.4. The zero-order valence-electron chi connectivity index (χ0n) is 15.6. The monoisotopic (exact) mass is 382 g/mol. The highest BCUT2D eigenvalue weighted by atomic mass is 32.2. The van der Waals surface area contributed by atoms with Gasteiger partial charge in [0.05, 0.1) is 14.2 Å². The second-order valence-corrected chi connectivity index (χ2v) is 6.99. The van der Waals surface area contributed by atoms with E-state index in [1.165, 1.54) is 6.92 Å². The molecule has 1 fully saturated rings. The summed E-state index contributed by atoms with van der Waals surface area (Å²) in [7, 11) is 4.77. The lowest BCUT2D eigenvalue weighted by Gasteiger charge is -2.28. The van der Waals surface area contributed by atoms with Crippen LogP contribution in [0.3, 0.4) is 0 Å². The van der Waals surface area contributed by atoms with Crippen molar-refractivity contribution in [2.45, 2.75) is 24.8 Å². The zero-order chi connectivity index (χ0) is 19.1. The maximum absolute atomic E-state index is 12.5. The van der Waals surface area contributed by atoms with Crippen molar-refractivity contribution in [2.24, 2.45) is 0 Å². The number of benzene rings is 1. The van der Waals surface area contributed by atoms with Crippen LogP contribution < -0.4 is 14.8 Å². The van der Waals surface area contributed by atoms with Gasteiger partial charge in [0.15, 0.2) is 11.5 Å². The van der Waals surface area contributed by atoms with E-state index in [-0.39, 0.29) is 17.2 Å². The van der Waals surface area contributed by atoms with Crippen molar-refractivity contribution in [3.8, 4) is 11.5 Å². The standard InChI is InChI=1S/C18H26N2O5S/c1-12(21)20-14(17(22)19-8-5-9-23-2)11-26-18(20)13-6-7-15(24-3)16(10-13)25-4/h6-7,10,14,18H,5,8-9,11H2,1-4H3,(H,19,22). The van der Waals surface area contributed by atoms with E-state index in [0.29, 0.717) is 30.4 Å². The van der Waals surface area contributed by atoms with Crippen LogP contribution in [0.4, 0.5) is 0 Å². The Labute approximate surface area is 158 Å². The Bertz CT molecular complexity index is 640. The number of nitrogens with one attached hydrogen (secondary N) is 1. The summed E-state index contributed by atoms with van der Waals surface area (Å²) in [5.41, 5.74) is 0.900. The molecule has 2 rings (SSSR count). The molecule has 1 aliphatic rings. The summed E-state index contributed by atoms with van der Waals surface area (Å²) >= 11 is 1.57. The van der Waals surface area contributed by atoms with Gasteiger partial charge in [-0.1, -0.05) is 6.07 Å². The van der Waals surface area contributed by atoms with Crippen molar-refractivity contribution in [1.82, 2.24) is 10.2 Å². The number of thioether (sulfide) groups is 1. The van der Waals surface area contributed by atoms with Gasteiger partial charge in [-0.3, -0.25) is 9.59 Å². The Morgan fingerprint density at radius 3 is 2.58 bits per heavy atom. The third-order valence-electron chi connectivity index (χ3n) is 4.18. The number of carbonyl (C=O) groups excluding carboxylic acids is 2. The zero-order valence-corrected chi connectivity index (χ0v) is 16.4. The minimum Gasteiger partial charge on any atom is -0.493 e. The molecule has 2 amide bonds. The molecule has 1 aromatic carbocycles. The Morgan fingerprint density at radius 2 is 1.96 bits per heavy atom. The van der Waals surface area contributed by atoms with Crippen molar-refractivity contribution < 1.29 is 23.8 Å². The predicted molar refractivity (Wildman–Crippen MR) is 101 cm³/mol. The van der Waals surface area contributed by atoms with Crippen LogP contribution in [0.15, 0.2) is 18.2 Å². The molecule has 2 unspecified atom stereocenters. The van der Waals surface area contributed by atoms with Crippen LogP contribution in [0.2, 0.25) is 0 Å². The van der Waals surface area contributed by atoms with E-state index < -0.39 is 6.04 Å². The van der Waals surface area contributed by atoms with Gasteiger partial charge in [-0.2, -0.15) is 0 Å². The third-order valence-corrected chi connectivity index (χ3v) is 5.51. The minimum atomic E-state index is -0.488. The van der Waals surface area contributed by atoms with E-state index in [9.17, 15) is 9.59 Å². The van der Waals surface area contributed by atoms with E-state index in [4.69, 9.17) is 14.2 Å². The highest BCUT2D eigenvalue weighted by molar-refractivity contribution is 7.99. The third kappa shape index (κ3) is 4.62. The summed E-state index contributed by atoms with van der Waals surface area (Å²) in [6, 6.07) is 5.07. The molecule has 2 atom stereocenters. The molecule has 1 heterocycles. The van der Waals surface area contributed by atoms with Gasteiger partial charge in [-0.05, 0) is 24.1 Å². The molecule has 7 nitrogen and oxygen atoms in total. The summed E-state index contributed by atoms with van der Waals surface area (Å²) < 4.78 is 15.6. The molecule has 1 saturated heterocycles. The van der Waals surface area contributed by atoms with E-state index in [2.05, 4.69) is 5.32 Å². The van der Waals surface area contributed by atoms with E-state index in [1.54, 1.807) is 38.0 Å². The molecule has 0 bridgehead atoms. The van der Waals surface area contributed by atoms with E-state index >= 15 is 0 Å². The maximum Gasteiger partial charge on any atom is 0.243 e. The summed E-state index contributed by atoms with van der Waals surface area (Å²) in [6.45, 7) is 2.61. The average Bonchev–Trinajstić information content (AvgIpc) is 3.10.